The molecule has 1 saturated heterocycles. The monoisotopic (exact) mass is 376 g/mol. The Kier molecular flexibility index (Phi) is 4.97. The van der Waals surface area contributed by atoms with Crippen LogP contribution in [-0.2, 0) is 14.6 Å². The first-order valence-electron chi connectivity index (χ1n) is 8.18. The van der Waals surface area contributed by atoms with Gasteiger partial charge in [0, 0.05) is 31.1 Å². The summed E-state index contributed by atoms with van der Waals surface area (Å²) in [4.78, 5) is 12.2. The topological polar surface area (TPSA) is 89.8 Å². The molecule has 3 rings (SSSR count). The number of ether oxygens (including phenoxy) is 1. The third kappa shape index (κ3) is 3.71. The van der Waals surface area contributed by atoms with Crippen molar-refractivity contribution >= 4 is 21.2 Å². The van der Waals surface area contributed by atoms with E-state index in [1.165, 1.54) is 12.1 Å². The van der Waals surface area contributed by atoms with Gasteiger partial charge in [-0.05, 0) is 30.2 Å². The molecular weight excluding hydrogens is 356 g/mol. The second-order valence-corrected chi connectivity index (χ2v) is 8.33. The Morgan fingerprint density at radius 3 is 2.62 bits per heavy atom. The van der Waals surface area contributed by atoms with E-state index in [9.17, 15) is 18.5 Å². The Morgan fingerprint density at radius 2 is 1.96 bits per heavy atom. The van der Waals surface area contributed by atoms with Crippen molar-refractivity contribution in [2.24, 2.45) is 0 Å². The van der Waals surface area contributed by atoms with Crippen LogP contribution in [0.2, 0.25) is 0 Å². The zero-order valence-corrected chi connectivity index (χ0v) is 15.4. The highest BCUT2D eigenvalue weighted by Gasteiger charge is 2.27. The van der Waals surface area contributed by atoms with Crippen molar-refractivity contribution in [3.8, 4) is 0 Å². The third-order valence-corrected chi connectivity index (χ3v) is 5.63. The van der Waals surface area contributed by atoms with Crippen molar-refractivity contribution in [1.29, 1.82) is 0 Å². The van der Waals surface area contributed by atoms with Crippen LogP contribution >= 0.6 is 0 Å². The second-order valence-electron chi connectivity index (χ2n) is 6.34. The summed E-state index contributed by atoms with van der Waals surface area (Å²) in [6, 6.07) is 12.2. The van der Waals surface area contributed by atoms with Gasteiger partial charge in [0.05, 0.1) is 11.5 Å². The highest BCUT2D eigenvalue weighted by Crippen LogP contribution is 2.32. The van der Waals surface area contributed by atoms with E-state index in [4.69, 9.17) is 4.74 Å². The van der Waals surface area contributed by atoms with Gasteiger partial charge < -0.3 is 9.64 Å². The molecule has 0 aliphatic carbocycles. The van der Waals surface area contributed by atoms with Gasteiger partial charge in [-0.1, -0.05) is 24.3 Å². The average molecular weight is 376 g/mol. The SMILES string of the molecule is Cc1ccccc1C1CN(c2ccc([N+](=O)[O-])c(S(C)(=O)=O)c2)CCO1. The van der Waals surface area contributed by atoms with Crippen LogP contribution in [0.1, 0.15) is 17.2 Å². The average Bonchev–Trinajstić information content (AvgIpc) is 2.61. The molecule has 0 spiro atoms. The highest BCUT2D eigenvalue weighted by atomic mass is 32.2. The normalized spacial score (nSPS) is 17.9. The molecule has 0 amide bonds. The van der Waals surface area contributed by atoms with Crippen LogP contribution in [0.3, 0.4) is 0 Å². The molecular formula is C18H20N2O5S. The van der Waals surface area contributed by atoms with Crippen LogP contribution < -0.4 is 4.90 Å². The summed E-state index contributed by atoms with van der Waals surface area (Å²) in [6.07, 6.45) is 0.844. The van der Waals surface area contributed by atoms with Gasteiger partial charge in [0.1, 0.15) is 11.0 Å². The van der Waals surface area contributed by atoms with Crippen molar-refractivity contribution in [3.05, 3.63) is 63.7 Å². The van der Waals surface area contributed by atoms with Crippen LogP contribution in [0.4, 0.5) is 11.4 Å². The van der Waals surface area contributed by atoms with Crippen molar-refractivity contribution in [3.63, 3.8) is 0 Å². The Morgan fingerprint density at radius 1 is 1.23 bits per heavy atom. The maximum atomic E-state index is 12.0. The largest absolute Gasteiger partial charge is 0.370 e. The minimum atomic E-state index is -3.71. The first kappa shape index (κ1) is 18.3. The number of anilines is 1. The smallest absolute Gasteiger partial charge is 0.288 e. The Bertz CT molecular complexity index is 942. The van der Waals surface area contributed by atoms with Gasteiger partial charge in [-0.15, -0.1) is 0 Å². The predicted molar refractivity (Wildman–Crippen MR) is 98.3 cm³/mol. The molecule has 1 atom stereocenters. The van der Waals surface area contributed by atoms with E-state index in [0.717, 1.165) is 17.4 Å². The van der Waals surface area contributed by atoms with Crippen LogP contribution in [0.15, 0.2) is 47.4 Å². The number of sulfone groups is 1. The fourth-order valence-corrected chi connectivity index (χ4v) is 4.02. The van der Waals surface area contributed by atoms with Gasteiger partial charge in [0.15, 0.2) is 9.84 Å². The van der Waals surface area contributed by atoms with Crippen LogP contribution in [0.25, 0.3) is 0 Å². The van der Waals surface area contributed by atoms with Gasteiger partial charge in [0.2, 0.25) is 0 Å². The van der Waals surface area contributed by atoms with Gasteiger partial charge in [-0.25, -0.2) is 8.42 Å². The Balaban J connectivity index is 1.94. The number of rotatable bonds is 4. The van der Waals surface area contributed by atoms with Crippen LogP contribution in [0.5, 0.6) is 0 Å². The molecule has 1 aliphatic heterocycles. The lowest BCUT2D eigenvalue weighted by Gasteiger charge is -2.35. The summed E-state index contributed by atoms with van der Waals surface area (Å²) >= 11 is 0. The molecule has 0 saturated carbocycles. The summed E-state index contributed by atoms with van der Waals surface area (Å²) in [7, 11) is -3.71. The minimum Gasteiger partial charge on any atom is -0.370 e. The number of hydrogen-bond acceptors (Lipinski definition) is 6. The first-order chi connectivity index (χ1) is 12.3. The molecule has 2 aromatic carbocycles. The molecule has 0 N–H and O–H groups in total. The van der Waals surface area contributed by atoms with Crippen LogP contribution in [0, 0.1) is 17.0 Å². The minimum absolute atomic E-state index is 0.137. The molecule has 138 valence electrons. The lowest BCUT2D eigenvalue weighted by molar-refractivity contribution is -0.387. The zero-order valence-electron chi connectivity index (χ0n) is 14.6. The molecule has 0 bridgehead atoms. The van der Waals surface area contributed by atoms with E-state index >= 15 is 0 Å². The van der Waals surface area contributed by atoms with Crippen molar-refractivity contribution in [1.82, 2.24) is 0 Å². The highest BCUT2D eigenvalue weighted by molar-refractivity contribution is 7.90. The Hall–Kier alpha value is -2.45. The lowest BCUT2D eigenvalue weighted by atomic mass is 10.0. The molecule has 8 heteroatoms. The zero-order chi connectivity index (χ0) is 18.9. The van der Waals surface area contributed by atoms with E-state index in [2.05, 4.69) is 0 Å². The summed E-state index contributed by atoms with van der Waals surface area (Å²) < 4.78 is 29.8. The summed E-state index contributed by atoms with van der Waals surface area (Å²) in [5.41, 5.74) is 2.44. The maximum Gasteiger partial charge on any atom is 0.288 e. The standard InChI is InChI=1S/C18H20N2O5S/c1-13-5-3-4-6-15(13)17-12-19(9-10-25-17)14-7-8-16(20(21)22)18(11-14)26(2,23)24/h3-8,11,17H,9-10,12H2,1-2H3. The summed E-state index contributed by atoms with van der Waals surface area (Å²) in [5.74, 6) is 0. The predicted octanol–water partition coefficient (Wildman–Crippen LogP) is 2.88. The summed E-state index contributed by atoms with van der Waals surface area (Å²) in [5, 5.41) is 11.1. The van der Waals surface area contributed by atoms with Gasteiger partial charge >= 0.3 is 0 Å². The van der Waals surface area contributed by atoms with E-state index in [1.54, 1.807) is 6.07 Å². The molecule has 1 heterocycles. The van der Waals surface area contributed by atoms with E-state index in [1.807, 2.05) is 36.1 Å². The number of nitro groups is 1. The number of benzene rings is 2. The molecule has 26 heavy (non-hydrogen) atoms. The fraction of sp³-hybridized carbons (Fsp3) is 0.333. The molecule has 1 aliphatic rings. The number of morpholine rings is 1. The van der Waals surface area contributed by atoms with E-state index in [-0.39, 0.29) is 11.0 Å². The van der Waals surface area contributed by atoms with Crippen molar-refractivity contribution in [2.75, 3.05) is 30.9 Å². The number of aryl methyl sites for hydroxylation is 1. The first-order valence-corrected chi connectivity index (χ1v) is 10.1. The Labute approximate surface area is 152 Å². The number of nitro benzene ring substituents is 1. The van der Waals surface area contributed by atoms with Crippen LogP contribution in [-0.4, -0.2) is 39.3 Å². The third-order valence-electron chi connectivity index (χ3n) is 4.51. The second kappa shape index (κ2) is 7.05. The molecule has 1 unspecified atom stereocenters. The van der Waals surface area contributed by atoms with E-state index in [0.29, 0.717) is 25.4 Å². The quantitative estimate of drug-likeness (QED) is 0.602. The van der Waals surface area contributed by atoms with E-state index < -0.39 is 20.4 Å². The van der Waals surface area contributed by atoms with Gasteiger partial charge in [0.25, 0.3) is 5.69 Å². The number of hydrogen-bond donors (Lipinski definition) is 0. The van der Waals surface area contributed by atoms with Gasteiger partial charge in [-0.2, -0.15) is 0 Å². The molecule has 0 radical (unpaired) electrons. The molecule has 2 aromatic rings. The fourth-order valence-electron chi connectivity index (χ4n) is 3.17. The van der Waals surface area contributed by atoms with Gasteiger partial charge in [-0.3, -0.25) is 10.1 Å². The summed E-state index contributed by atoms with van der Waals surface area (Å²) in [6.45, 7) is 3.64. The molecule has 0 aromatic heterocycles. The van der Waals surface area contributed by atoms with Crippen molar-refractivity contribution in [2.45, 2.75) is 17.9 Å². The maximum absolute atomic E-state index is 12.0. The number of nitrogens with zero attached hydrogens (tertiary/aromatic N) is 2. The molecule has 1 fully saturated rings. The molecule has 7 nitrogen and oxygen atoms in total. The lowest BCUT2D eigenvalue weighted by Crippen LogP contribution is -2.38. The van der Waals surface area contributed by atoms with Crippen molar-refractivity contribution < 1.29 is 18.1 Å².